The number of nitrogens with zero attached hydrogens (tertiary/aromatic N) is 2. The number of hydrogen-bond donors (Lipinski definition) is 1. The Morgan fingerprint density at radius 2 is 2.00 bits per heavy atom. The van der Waals surface area contributed by atoms with Gasteiger partial charge < -0.3 is 14.6 Å². The summed E-state index contributed by atoms with van der Waals surface area (Å²) in [6.07, 6.45) is 10.3. The first-order valence-corrected chi connectivity index (χ1v) is 10.2. The third-order valence-electron chi connectivity index (χ3n) is 5.39. The summed E-state index contributed by atoms with van der Waals surface area (Å²) < 4.78 is 5.78. The van der Waals surface area contributed by atoms with Gasteiger partial charge >= 0.3 is 0 Å². The fraction of sp³-hybridized carbons (Fsp3) is 0.545. The van der Waals surface area contributed by atoms with E-state index in [2.05, 4.69) is 22.2 Å². The van der Waals surface area contributed by atoms with E-state index in [1.54, 1.807) is 6.20 Å². The van der Waals surface area contributed by atoms with E-state index < -0.39 is 0 Å². The van der Waals surface area contributed by atoms with Crippen LogP contribution < -0.4 is 5.32 Å². The molecule has 1 amide bonds. The molecule has 2 aromatic rings. The Kier molecular flexibility index (Phi) is 7.45. The minimum absolute atomic E-state index is 0.113. The van der Waals surface area contributed by atoms with E-state index in [9.17, 15) is 4.79 Å². The number of oxazole rings is 1. The lowest BCUT2D eigenvalue weighted by molar-refractivity contribution is -0.121. The molecule has 1 heterocycles. The Bertz CT molecular complexity index is 693. The molecular formula is C22H31N3O2. The van der Waals surface area contributed by atoms with Crippen LogP contribution in [0, 0.1) is 0 Å². The molecule has 0 saturated heterocycles. The van der Waals surface area contributed by atoms with Gasteiger partial charge in [-0.1, -0.05) is 49.6 Å². The van der Waals surface area contributed by atoms with Crippen molar-refractivity contribution in [1.82, 2.24) is 15.2 Å². The number of carbonyl (C=O) groups is 1. The zero-order valence-corrected chi connectivity index (χ0v) is 16.3. The third kappa shape index (κ3) is 6.21. The van der Waals surface area contributed by atoms with Crippen molar-refractivity contribution in [1.29, 1.82) is 0 Å². The summed E-state index contributed by atoms with van der Waals surface area (Å²) in [6, 6.07) is 10.6. The number of rotatable bonds is 9. The van der Waals surface area contributed by atoms with Crippen molar-refractivity contribution in [3.05, 3.63) is 42.4 Å². The van der Waals surface area contributed by atoms with Crippen LogP contribution in [-0.2, 0) is 11.2 Å². The van der Waals surface area contributed by atoms with E-state index in [1.165, 1.54) is 32.1 Å². The molecule has 146 valence electrons. The normalized spacial score (nSPS) is 15.2. The quantitative estimate of drug-likeness (QED) is 0.725. The van der Waals surface area contributed by atoms with Gasteiger partial charge in [0.25, 0.3) is 0 Å². The molecular weight excluding hydrogens is 338 g/mol. The van der Waals surface area contributed by atoms with Crippen LogP contribution >= 0.6 is 0 Å². The van der Waals surface area contributed by atoms with Gasteiger partial charge in [-0.3, -0.25) is 4.79 Å². The molecule has 1 N–H and O–H groups in total. The number of likely N-dealkylation sites (N-methyl/N-ethyl adjacent to an activating group) is 1. The molecule has 5 nitrogen and oxygen atoms in total. The fourth-order valence-electron chi connectivity index (χ4n) is 3.73. The van der Waals surface area contributed by atoms with Gasteiger partial charge in [0, 0.05) is 37.5 Å². The average molecular weight is 370 g/mol. The highest BCUT2D eigenvalue weighted by Crippen LogP contribution is 2.21. The number of amides is 1. The van der Waals surface area contributed by atoms with Gasteiger partial charge in [-0.25, -0.2) is 4.98 Å². The smallest absolute Gasteiger partial charge is 0.220 e. The highest BCUT2D eigenvalue weighted by atomic mass is 16.4. The molecule has 3 rings (SSSR count). The molecule has 27 heavy (non-hydrogen) atoms. The first-order valence-electron chi connectivity index (χ1n) is 10.2. The van der Waals surface area contributed by atoms with Gasteiger partial charge in [0.1, 0.15) is 0 Å². The Balaban J connectivity index is 1.31. The molecule has 1 aliphatic carbocycles. The van der Waals surface area contributed by atoms with Crippen LogP contribution in [0.3, 0.4) is 0 Å². The molecule has 0 unspecified atom stereocenters. The molecule has 0 bridgehead atoms. The number of benzene rings is 1. The molecule has 1 fully saturated rings. The topological polar surface area (TPSA) is 58.4 Å². The second kappa shape index (κ2) is 10.3. The second-order valence-corrected chi connectivity index (χ2v) is 7.46. The predicted molar refractivity (Wildman–Crippen MR) is 107 cm³/mol. The first-order chi connectivity index (χ1) is 13.2. The molecule has 1 aromatic heterocycles. The minimum atomic E-state index is 0.113. The SMILES string of the molecule is CN(CCNC(=O)CCCc1ncc(-c2ccccc2)o1)C1CCCCC1. The predicted octanol–water partition coefficient (Wildman–Crippen LogP) is 4.05. The maximum Gasteiger partial charge on any atom is 0.220 e. The lowest BCUT2D eigenvalue weighted by atomic mass is 9.94. The van der Waals surface area contributed by atoms with E-state index in [0.29, 0.717) is 24.8 Å². The van der Waals surface area contributed by atoms with Gasteiger partial charge in [0.15, 0.2) is 11.7 Å². The summed E-state index contributed by atoms with van der Waals surface area (Å²) in [5.41, 5.74) is 1.02. The van der Waals surface area contributed by atoms with Crippen LogP contribution in [0.1, 0.15) is 50.8 Å². The third-order valence-corrected chi connectivity index (χ3v) is 5.39. The van der Waals surface area contributed by atoms with Crippen molar-refractivity contribution in [3.63, 3.8) is 0 Å². The second-order valence-electron chi connectivity index (χ2n) is 7.46. The van der Waals surface area contributed by atoms with Crippen LogP contribution in [-0.4, -0.2) is 42.0 Å². The van der Waals surface area contributed by atoms with Crippen molar-refractivity contribution >= 4 is 5.91 Å². The highest BCUT2D eigenvalue weighted by Gasteiger charge is 2.17. The Morgan fingerprint density at radius 1 is 1.22 bits per heavy atom. The number of nitrogens with one attached hydrogen (secondary N) is 1. The largest absolute Gasteiger partial charge is 0.441 e. The molecule has 5 heteroatoms. The molecule has 1 aliphatic rings. The summed E-state index contributed by atoms with van der Waals surface area (Å²) in [7, 11) is 2.18. The van der Waals surface area contributed by atoms with Crippen LogP contribution in [0.25, 0.3) is 11.3 Å². The van der Waals surface area contributed by atoms with Gasteiger partial charge in [-0.2, -0.15) is 0 Å². The van der Waals surface area contributed by atoms with E-state index in [0.717, 1.165) is 30.8 Å². The summed E-state index contributed by atoms with van der Waals surface area (Å²) in [6.45, 7) is 1.65. The van der Waals surface area contributed by atoms with Crippen molar-refractivity contribution in [3.8, 4) is 11.3 Å². The number of hydrogen-bond acceptors (Lipinski definition) is 4. The van der Waals surface area contributed by atoms with Crippen molar-refractivity contribution in [2.75, 3.05) is 20.1 Å². The van der Waals surface area contributed by atoms with E-state index >= 15 is 0 Å². The van der Waals surface area contributed by atoms with Gasteiger partial charge in [0.2, 0.25) is 5.91 Å². The lowest BCUT2D eigenvalue weighted by Gasteiger charge is -2.31. The zero-order chi connectivity index (χ0) is 18.9. The molecule has 1 aromatic carbocycles. The lowest BCUT2D eigenvalue weighted by Crippen LogP contribution is -2.39. The molecule has 1 saturated carbocycles. The molecule has 0 radical (unpaired) electrons. The molecule has 0 spiro atoms. The average Bonchev–Trinajstić information content (AvgIpc) is 3.18. The summed E-state index contributed by atoms with van der Waals surface area (Å²) in [5, 5.41) is 3.04. The van der Waals surface area contributed by atoms with Gasteiger partial charge in [0.05, 0.1) is 6.20 Å². The Morgan fingerprint density at radius 3 is 2.78 bits per heavy atom. The summed E-state index contributed by atoms with van der Waals surface area (Å²) in [5.74, 6) is 1.58. The molecule has 0 aliphatic heterocycles. The van der Waals surface area contributed by atoms with Crippen LogP contribution in [0.15, 0.2) is 40.9 Å². The first kappa shape index (κ1) is 19.6. The van der Waals surface area contributed by atoms with Gasteiger partial charge in [-0.05, 0) is 26.3 Å². The van der Waals surface area contributed by atoms with Crippen LogP contribution in [0.5, 0.6) is 0 Å². The van der Waals surface area contributed by atoms with E-state index in [-0.39, 0.29) is 5.91 Å². The number of carbonyl (C=O) groups excluding carboxylic acids is 1. The van der Waals surface area contributed by atoms with Crippen molar-refractivity contribution in [2.24, 2.45) is 0 Å². The standard InChI is InChI=1S/C22H31N3O2/c1-25(19-11-6-3-7-12-19)16-15-23-21(26)13-8-14-22-24-17-20(27-22)18-9-4-2-5-10-18/h2,4-5,9-10,17,19H,3,6-8,11-16H2,1H3,(H,23,26). The number of aryl methyl sites for hydroxylation is 1. The number of aromatic nitrogens is 1. The maximum absolute atomic E-state index is 12.0. The Hall–Kier alpha value is -2.14. The van der Waals surface area contributed by atoms with E-state index in [1.807, 2.05) is 30.3 Å². The van der Waals surface area contributed by atoms with Crippen molar-refractivity contribution in [2.45, 2.75) is 57.4 Å². The van der Waals surface area contributed by atoms with Crippen molar-refractivity contribution < 1.29 is 9.21 Å². The Labute approximate surface area is 162 Å². The minimum Gasteiger partial charge on any atom is -0.441 e. The summed E-state index contributed by atoms with van der Waals surface area (Å²) >= 11 is 0. The fourth-order valence-corrected chi connectivity index (χ4v) is 3.73. The molecule has 0 atom stereocenters. The maximum atomic E-state index is 12.0. The monoisotopic (exact) mass is 369 g/mol. The van der Waals surface area contributed by atoms with E-state index in [4.69, 9.17) is 4.42 Å². The van der Waals surface area contributed by atoms with Crippen LogP contribution in [0.4, 0.5) is 0 Å². The van der Waals surface area contributed by atoms with Crippen LogP contribution in [0.2, 0.25) is 0 Å². The van der Waals surface area contributed by atoms with Gasteiger partial charge in [-0.15, -0.1) is 0 Å². The zero-order valence-electron chi connectivity index (χ0n) is 16.3. The summed E-state index contributed by atoms with van der Waals surface area (Å²) in [4.78, 5) is 18.8. The highest BCUT2D eigenvalue weighted by molar-refractivity contribution is 5.75.